The zero-order valence-corrected chi connectivity index (χ0v) is 23.1. The van der Waals surface area contributed by atoms with Gasteiger partial charge in [-0.2, -0.15) is 13.2 Å². The summed E-state index contributed by atoms with van der Waals surface area (Å²) in [5, 5.41) is 10.6. The maximum absolute atomic E-state index is 13.8. The number of alkyl halides is 3. The van der Waals surface area contributed by atoms with E-state index in [1.165, 1.54) is 12.1 Å². The lowest BCUT2D eigenvalue weighted by atomic mass is 10.0. The minimum Gasteiger partial charge on any atom is -0.384 e. The highest BCUT2D eigenvalue weighted by molar-refractivity contribution is 7.97. The van der Waals surface area contributed by atoms with Gasteiger partial charge >= 0.3 is 6.18 Å². The second-order valence-corrected chi connectivity index (χ2v) is 11.8. The molecule has 3 aromatic carbocycles. The molecule has 1 heterocycles. The van der Waals surface area contributed by atoms with Crippen molar-refractivity contribution >= 4 is 11.9 Å². The molecule has 0 saturated heterocycles. The predicted octanol–water partition coefficient (Wildman–Crippen LogP) is 8.16. The van der Waals surface area contributed by atoms with E-state index in [1.54, 1.807) is 42.6 Å². The van der Waals surface area contributed by atoms with Crippen LogP contribution in [0.25, 0.3) is 28.2 Å². The van der Waals surface area contributed by atoms with Gasteiger partial charge in [-0.15, -0.1) is 0 Å². The second-order valence-electron chi connectivity index (χ2n) is 10.9. The van der Waals surface area contributed by atoms with Crippen molar-refractivity contribution in [1.82, 2.24) is 14.3 Å². The van der Waals surface area contributed by atoms with E-state index < -0.39 is 17.3 Å². The topological polar surface area (TPSA) is 50.1 Å². The second kappa shape index (κ2) is 10.2. The van der Waals surface area contributed by atoms with Gasteiger partial charge in [-0.05, 0) is 101 Å². The van der Waals surface area contributed by atoms with E-state index >= 15 is 0 Å². The van der Waals surface area contributed by atoms with Crippen molar-refractivity contribution in [3.8, 4) is 28.2 Å². The number of aryl methyl sites for hydroxylation is 1. The molecule has 0 spiro atoms. The van der Waals surface area contributed by atoms with Gasteiger partial charge in [0.25, 0.3) is 0 Å². The van der Waals surface area contributed by atoms with Crippen LogP contribution in [-0.2, 0) is 11.8 Å². The maximum Gasteiger partial charge on any atom is 0.417 e. The Bertz CT molecular complexity index is 1430. The van der Waals surface area contributed by atoms with Crippen LogP contribution in [-0.4, -0.2) is 20.2 Å². The van der Waals surface area contributed by atoms with E-state index in [0.717, 1.165) is 27.7 Å². The number of hydrogen-bond donors (Lipinski definition) is 2. The molecule has 200 valence electrons. The lowest BCUT2D eigenvalue weighted by Crippen LogP contribution is -2.29. The highest BCUT2D eigenvalue weighted by atomic mass is 32.2. The van der Waals surface area contributed by atoms with Gasteiger partial charge in [-0.25, -0.2) is 4.98 Å². The van der Waals surface area contributed by atoms with E-state index in [9.17, 15) is 18.3 Å². The number of imidazole rings is 1. The third kappa shape index (κ3) is 6.31. The summed E-state index contributed by atoms with van der Waals surface area (Å²) in [6.07, 6.45) is -2.95. The molecule has 0 radical (unpaired) electrons. The van der Waals surface area contributed by atoms with Gasteiger partial charge in [0.05, 0.1) is 11.3 Å². The van der Waals surface area contributed by atoms with Crippen molar-refractivity contribution in [3.05, 3.63) is 89.7 Å². The molecule has 0 atom stereocenters. The van der Waals surface area contributed by atoms with E-state index in [0.29, 0.717) is 5.69 Å². The van der Waals surface area contributed by atoms with Crippen molar-refractivity contribution in [2.24, 2.45) is 0 Å². The summed E-state index contributed by atoms with van der Waals surface area (Å²) in [4.78, 5) is 5.54. The zero-order chi connectivity index (χ0) is 27.9. The van der Waals surface area contributed by atoms with E-state index in [4.69, 9.17) is 0 Å². The van der Waals surface area contributed by atoms with Gasteiger partial charge in [-0.1, -0.05) is 36.4 Å². The minimum absolute atomic E-state index is 0.0351. The van der Waals surface area contributed by atoms with Crippen LogP contribution in [0.3, 0.4) is 0 Å². The van der Waals surface area contributed by atoms with Crippen LogP contribution in [0, 0.1) is 6.92 Å². The summed E-state index contributed by atoms with van der Waals surface area (Å²) in [5.74, 6) is 0.116. The smallest absolute Gasteiger partial charge is 0.384 e. The monoisotopic (exact) mass is 539 g/mol. The highest BCUT2D eigenvalue weighted by Crippen LogP contribution is 2.38. The molecule has 0 saturated carbocycles. The summed E-state index contributed by atoms with van der Waals surface area (Å²) < 4.78 is 46.6. The Balaban J connectivity index is 1.77. The molecule has 0 aliphatic heterocycles. The normalized spacial score (nSPS) is 12.7. The number of hydrogen-bond acceptors (Lipinski definition) is 4. The Labute approximate surface area is 226 Å². The Morgan fingerprint density at radius 1 is 0.868 bits per heavy atom. The molecule has 38 heavy (non-hydrogen) atoms. The number of rotatable bonds is 6. The standard InChI is InChI=1S/C30H32F3N3OS/c1-19-11-16-22(38-35-28(2,3)4)17-24(19)20-12-14-21(15-13-20)36-18-26(29(5,6)37)34-27(36)23-9-7-8-10-25(23)30(31,32)33/h7-18,35,37H,1-6H3. The van der Waals surface area contributed by atoms with E-state index in [-0.39, 0.29) is 22.6 Å². The largest absolute Gasteiger partial charge is 0.417 e. The van der Waals surface area contributed by atoms with Gasteiger partial charge in [-0.3, -0.25) is 9.29 Å². The molecule has 8 heteroatoms. The molecule has 4 rings (SSSR count). The Hall–Kier alpha value is -3.07. The maximum atomic E-state index is 13.8. The molecule has 4 aromatic rings. The van der Waals surface area contributed by atoms with Crippen molar-refractivity contribution < 1.29 is 18.3 Å². The lowest BCUT2D eigenvalue weighted by Gasteiger charge is -2.20. The summed E-state index contributed by atoms with van der Waals surface area (Å²) in [6, 6.07) is 19.3. The van der Waals surface area contributed by atoms with Crippen LogP contribution >= 0.6 is 11.9 Å². The van der Waals surface area contributed by atoms with Crippen molar-refractivity contribution in [1.29, 1.82) is 0 Å². The summed E-state index contributed by atoms with van der Waals surface area (Å²) in [5.41, 5.74) is 1.90. The molecule has 0 amide bonds. The summed E-state index contributed by atoms with van der Waals surface area (Å²) in [7, 11) is 0. The number of aromatic nitrogens is 2. The van der Waals surface area contributed by atoms with Crippen LogP contribution in [0.2, 0.25) is 0 Å². The zero-order valence-electron chi connectivity index (χ0n) is 22.3. The van der Waals surface area contributed by atoms with Crippen molar-refractivity contribution in [3.63, 3.8) is 0 Å². The molecule has 0 unspecified atom stereocenters. The number of halogens is 3. The number of nitrogens with zero attached hydrogens (tertiary/aromatic N) is 2. The first-order valence-electron chi connectivity index (χ1n) is 12.3. The number of aliphatic hydroxyl groups is 1. The Kier molecular flexibility index (Phi) is 7.54. The van der Waals surface area contributed by atoms with E-state index in [2.05, 4.69) is 48.7 Å². The molecule has 4 nitrogen and oxygen atoms in total. The summed E-state index contributed by atoms with van der Waals surface area (Å²) in [6.45, 7) is 11.5. The molecular formula is C30H32F3N3OS. The van der Waals surface area contributed by atoms with Crippen LogP contribution < -0.4 is 4.72 Å². The van der Waals surface area contributed by atoms with Gasteiger partial charge < -0.3 is 5.11 Å². The highest BCUT2D eigenvalue weighted by Gasteiger charge is 2.35. The third-order valence-corrected chi connectivity index (χ3v) is 7.15. The Morgan fingerprint density at radius 2 is 1.53 bits per heavy atom. The molecule has 0 bridgehead atoms. The molecule has 0 aliphatic rings. The summed E-state index contributed by atoms with van der Waals surface area (Å²) >= 11 is 1.57. The predicted molar refractivity (Wildman–Crippen MR) is 148 cm³/mol. The van der Waals surface area contributed by atoms with Gasteiger partial charge in [0.2, 0.25) is 0 Å². The molecular weight excluding hydrogens is 507 g/mol. The van der Waals surface area contributed by atoms with Crippen molar-refractivity contribution in [2.75, 3.05) is 0 Å². The first kappa shape index (κ1) is 28.0. The molecule has 1 aromatic heterocycles. The fraction of sp³-hybridized carbons (Fsp3) is 0.300. The minimum atomic E-state index is -4.55. The molecule has 2 N–H and O–H groups in total. The average Bonchev–Trinajstić information content (AvgIpc) is 3.29. The van der Waals surface area contributed by atoms with Crippen molar-refractivity contribution in [2.45, 2.75) is 63.8 Å². The third-order valence-electron chi connectivity index (χ3n) is 5.95. The van der Waals surface area contributed by atoms with Gasteiger partial charge in [0.1, 0.15) is 11.4 Å². The van der Waals surface area contributed by atoms with E-state index in [1.807, 2.05) is 31.2 Å². The van der Waals surface area contributed by atoms with Crippen LogP contribution in [0.4, 0.5) is 13.2 Å². The first-order valence-corrected chi connectivity index (χ1v) is 13.1. The molecule has 0 aliphatic carbocycles. The number of benzene rings is 3. The van der Waals surface area contributed by atoms with Gasteiger partial charge in [0.15, 0.2) is 0 Å². The fourth-order valence-electron chi connectivity index (χ4n) is 3.98. The van der Waals surface area contributed by atoms with Crippen LogP contribution in [0.5, 0.6) is 0 Å². The fourth-order valence-corrected chi connectivity index (χ4v) is 4.71. The lowest BCUT2D eigenvalue weighted by molar-refractivity contribution is -0.137. The van der Waals surface area contributed by atoms with Crippen LogP contribution in [0.15, 0.2) is 77.8 Å². The van der Waals surface area contributed by atoms with Gasteiger partial charge in [0, 0.05) is 27.9 Å². The Morgan fingerprint density at radius 3 is 2.13 bits per heavy atom. The SMILES string of the molecule is Cc1ccc(SNC(C)(C)C)cc1-c1ccc(-n2cc(C(C)(C)O)nc2-c2ccccc2C(F)(F)F)cc1. The van der Waals surface area contributed by atoms with Crippen LogP contribution in [0.1, 0.15) is 51.4 Å². The quantitative estimate of drug-likeness (QED) is 0.243. The molecule has 0 fully saturated rings. The number of nitrogens with one attached hydrogen (secondary N) is 1. The first-order chi connectivity index (χ1) is 17.6. The average molecular weight is 540 g/mol.